The van der Waals surface area contributed by atoms with E-state index >= 15 is 0 Å². The summed E-state index contributed by atoms with van der Waals surface area (Å²) in [5.74, 6) is 0.415. The Hall–Kier alpha value is -2.15. The number of likely N-dealkylation sites (N-methyl/N-ethyl adjacent to an activating group) is 1. The maximum Gasteiger partial charge on any atom is 0.258 e. The zero-order valence-electron chi connectivity index (χ0n) is 16.1. The lowest BCUT2D eigenvalue weighted by Crippen LogP contribution is -2.40. The molecule has 1 aromatic rings. The van der Waals surface area contributed by atoms with Crippen LogP contribution in [0.2, 0.25) is 0 Å². The molecule has 2 saturated carbocycles. The van der Waals surface area contributed by atoms with Crippen LogP contribution in [0.1, 0.15) is 44.9 Å². The van der Waals surface area contributed by atoms with Crippen molar-refractivity contribution >= 4 is 17.5 Å². The van der Waals surface area contributed by atoms with Crippen LogP contribution in [0.15, 0.2) is 18.3 Å². The molecule has 0 aromatic carbocycles. The fourth-order valence-electron chi connectivity index (χ4n) is 3.40. The maximum absolute atomic E-state index is 11.9. The number of carbonyl (C=O) groups is 2. The number of hydrogen-bond donors (Lipinski definition) is 2. The first-order valence-corrected chi connectivity index (χ1v) is 9.98. The second-order valence-corrected chi connectivity index (χ2v) is 7.56. The number of anilines is 1. The summed E-state index contributed by atoms with van der Waals surface area (Å²) in [5.41, 5.74) is 0.648. The van der Waals surface area contributed by atoms with Gasteiger partial charge in [-0.25, -0.2) is 4.98 Å². The Kier molecular flexibility index (Phi) is 7.04. The van der Waals surface area contributed by atoms with Crippen molar-refractivity contribution in [2.24, 2.45) is 5.92 Å². The van der Waals surface area contributed by atoms with Gasteiger partial charge in [0, 0.05) is 31.1 Å². The lowest BCUT2D eigenvalue weighted by Gasteiger charge is -2.31. The van der Waals surface area contributed by atoms with Crippen LogP contribution in [0, 0.1) is 5.92 Å². The van der Waals surface area contributed by atoms with Gasteiger partial charge in [0.1, 0.15) is 0 Å². The van der Waals surface area contributed by atoms with E-state index in [9.17, 15) is 9.59 Å². The van der Waals surface area contributed by atoms with E-state index in [0.29, 0.717) is 24.2 Å². The quantitative estimate of drug-likeness (QED) is 0.692. The van der Waals surface area contributed by atoms with Crippen molar-refractivity contribution in [2.75, 3.05) is 32.1 Å². The molecular weight excluding hydrogens is 344 g/mol. The molecule has 7 heteroatoms. The molecule has 2 fully saturated rings. The standard InChI is InChI=1S/C20H30N4O3/c1-24(17-5-3-2-4-6-17)12-11-21-18(25)14-27-19-10-9-16(13-22-19)23-20(26)15-7-8-15/h9-10,13,15,17H,2-8,11-12,14H2,1H3,(H,21,25)(H,23,26). The number of nitrogens with one attached hydrogen (secondary N) is 2. The van der Waals surface area contributed by atoms with Crippen molar-refractivity contribution in [3.8, 4) is 5.88 Å². The van der Waals surface area contributed by atoms with E-state index in [1.54, 1.807) is 18.3 Å². The van der Waals surface area contributed by atoms with Gasteiger partial charge < -0.3 is 20.3 Å². The lowest BCUT2D eigenvalue weighted by atomic mass is 9.94. The van der Waals surface area contributed by atoms with Crippen molar-refractivity contribution in [2.45, 2.75) is 51.0 Å². The van der Waals surface area contributed by atoms with E-state index in [4.69, 9.17) is 4.74 Å². The van der Waals surface area contributed by atoms with E-state index in [1.807, 2.05) is 0 Å². The van der Waals surface area contributed by atoms with Gasteiger partial charge in [0.2, 0.25) is 11.8 Å². The molecule has 7 nitrogen and oxygen atoms in total. The van der Waals surface area contributed by atoms with Crippen molar-refractivity contribution in [3.05, 3.63) is 18.3 Å². The Bertz CT molecular complexity index is 625. The van der Waals surface area contributed by atoms with E-state index in [1.165, 1.54) is 32.1 Å². The van der Waals surface area contributed by atoms with Gasteiger partial charge in [-0.1, -0.05) is 19.3 Å². The molecule has 1 aromatic heterocycles. The summed E-state index contributed by atoms with van der Waals surface area (Å²) in [7, 11) is 2.13. The summed E-state index contributed by atoms with van der Waals surface area (Å²) < 4.78 is 5.41. The molecule has 2 aliphatic carbocycles. The van der Waals surface area contributed by atoms with Crippen LogP contribution in [-0.4, -0.2) is 54.5 Å². The first-order chi connectivity index (χ1) is 13.1. The van der Waals surface area contributed by atoms with Gasteiger partial charge in [-0.05, 0) is 38.8 Å². The van der Waals surface area contributed by atoms with Crippen LogP contribution in [0.5, 0.6) is 5.88 Å². The summed E-state index contributed by atoms with van der Waals surface area (Å²) in [6.45, 7) is 1.41. The minimum atomic E-state index is -0.153. The van der Waals surface area contributed by atoms with Crippen LogP contribution in [0.3, 0.4) is 0 Å². The highest BCUT2D eigenvalue weighted by atomic mass is 16.5. The molecule has 2 amide bonds. The zero-order chi connectivity index (χ0) is 19.1. The van der Waals surface area contributed by atoms with Crippen molar-refractivity contribution in [3.63, 3.8) is 0 Å². The predicted octanol–water partition coefficient (Wildman–Crippen LogP) is 2.19. The normalized spacial score (nSPS) is 17.6. The highest BCUT2D eigenvalue weighted by Gasteiger charge is 2.29. The van der Waals surface area contributed by atoms with E-state index in [0.717, 1.165) is 19.4 Å². The largest absolute Gasteiger partial charge is 0.468 e. The number of carbonyl (C=O) groups excluding carboxylic acids is 2. The number of nitrogens with zero attached hydrogens (tertiary/aromatic N) is 2. The Morgan fingerprint density at radius 1 is 1.19 bits per heavy atom. The Balaban J connectivity index is 1.30. The number of rotatable bonds is 9. The van der Waals surface area contributed by atoms with Gasteiger partial charge in [-0.3, -0.25) is 9.59 Å². The smallest absolute Gasteiger partial charge is 0.258 e. The van der Waals surface area contributed by atoms with Gasteiger partial charge in [0.15, 0.2) is 6.61 Å². The minimum Gasteiger partial charge on any atom is -0.468 e. The van der Waals surface area contributed by atoms with Crippen LogP contribution < -0.4 is 15.4 Å². The summed E-state index contributed by atoms with van der Waals surface area (Å²) in [6, 6.07) is 4.04. The molecule has 2 N–H and O–H groups in total. The topological polar surface area (TPSA) is 83.6 Å². The molecule has 3 rings (SSSR count). The first kappa shape index (κ1) is 19.6. The van der Waals surface area contributed by atoms with Crippen LogP contribution in [0.4, 0.5) is 5.69 Å². The molecule has 0 aliphatic heterocycles. The lowest BCUT2D eigenvalue weighted by molar-refractivity contribution is -0.123. The first-order valence-electron chi connectivity index (χ1n) is 9.98. The molecule has 0 atom stereocenters. The molecule has 0 saturated heterocycles. The average molecular weight is 374 g/mol. The Labute approximate surface area is 160 Å². The third kappa shape index (κ3) is 6.50. The van der Waals surface area contributed by atoms with Gasteiger partial charge in [-0.15, -0.1) is 0 Å². The number of pyridine rings is 1. The van der Waals surface area contributed by atoms with Crippen molar-refractivity contribution in [1.29, 1.82) is 0 Å². The van der Waals surface area contributed by atoms with Gasteiger partial charge in [0.05, 0.1) is 11.9 Å². The molecular formula is C20H30N4O3. The van der Waals surface area contributed by atoms with Gasteiger partial charge >= 0.3 is 0 Å². The molecule has 2 aliphatic rings. The molecule has 0 radical (unpaired) electrons. The summed E-state index contributed by atoms with van der Waals surface area (Å²) in [6.07, 6.45) is 9.97. The van der Waals surface area contributed by atoms with E-state index in [-0.39, 0.29) is 24.3 Å². The third-order valence-electron chi connectivity index (χ3n) is 5.29. The second kappa shape index (κ2) is 9.69. The minimum absolute atomic E-state index is 0.0445. The molecule has 27 heavy (non-hydrogen) atoms. The molecule has 0 bridgehead atoms. The number of hydrogen-bond acceptors (Lipinski definition) is 5. The van der Waals surface area contributed by atoms with Crippen LogP contribution in [0.25, 0.3) is 0 Å². The predicted molar refractivity (Wildman–Crippen MR) is 104 cm³/mol. The highest BCUT2D eigenvalue weighted by Crippen LogP contribution is 2.30. The van der Waals surface area contributed by atoms with Crippen LogP contribution >= 0.6 is 0 Å². The summed E-state index contributed by atoms with van der Waals surface area (Å²) in [5, 5.41) is 5.71. The van der Waals surface area contributed by atoms with E-state index in [2.05, 4.69) is 27.6 Å². The van der Waals surface area contributed by atoms with Crippen LogP contribution in [-0.2, 0) is 9.59 Å². The van der Waals surface area contributed by atoms with Gasteiger partial charge in [0.25, 0.3) is 5.91 Å². The number of amides is 2. The highest BCUT2D eigenvalue weighted by molar-refractivity contribution is 5.93. The Morgan fingerprint density at radius 2 is 1.96 bits per heavy atom. The molecule has 148 valence electrons. The molecule has 1 heterocycles. The monoisotopic (exact) mass is 374 g/mol. The fraction of sp³-hybridized carbons (Fsp3) is 0.650. The molecule has 0 unspecified atom stereocenters. The summed E-state index contributed by atoms with van der Waals surface area (Å²) in [4.78, 5) is 30.1. The van der Waals surface area contributed by atoms with Gasteiger partial charge in [-0.2, -0.15) is 0 Å². The maximum atomic E-state index is 11.9. The van der Waals surface area contributed by atoms with Crippen molar-refractivity contribution in [1.82, 2.24) is 15.2 Å². The molecule has 0 spiro atoms. The van der Waals surface area contributed by atoms with E-state index < -0.39 is 0 Å². The average Bonchev–Trinajstić information content (AvgIpc) is 3.53. The van der Waals surface area contributed by atoms with Crippen molar-refractivity contribution < 1.29 is 14.3 Å². The second-order valence-electron chi connectivity index (χ2n) is 7.56. The third-order valence-corrected chi connectivity index (χ3v) is 5.29. The summed E-state index contributed by atoms with van der Waals surface area (Å²) >= 11 is 0. The zero-order valence-corrected chi connectivity index (χ0v) is 16.1. The SMILES string of the molecule is CN(CCNC(=O)COc1ccc(NC(=O)C2CC2)cn1)C1CCCCC1. The number of aromatic nitrogens is 1. The number of ether oxygens (including phenoxy) is 1. The Morgan fingerprint density at radius 3 is 2.63 bits per heavy atom. The fourth-order valence-corrected chi connectivity index (χ4v) is 3.40.